The predicted octanol–water partition coefficient (Wildman–Crippen LogP) is 5.08. The van der Waals surface area contributed by atoms with E-state index < -0.39 is 0 Å². The van der Waals surface area contributed by atoms with E-state index in [9.17, 15) is 0 Å². The minimum absolute atomic E-state index is 0.623. The second-order valence-corrected chi connectivity index (χ2v) is 5.73. The lowest BCUT2D eigenvalue weighted by atomic mass is 9.96. The van der Waals surface area contributed by atoms with Gasteiger partial charge in [-0.1, -0.05) is 59.9 Å². The van der Waals surface area contributed by atoms with Crippen LogP contribution < -0.4 is 0 Å². The summed E-state index contributed by atoms with van der Waals surface area (Å²) in [7, 11) is 0. The van der Waals surface area contributed by atoms with Crippen LogP contribution in [0.3, 0.4) is 0 Å². The van der Waals surface area contributed by atoms with Gasteiger partial charge in [-0.3, -0.25) is 0 Å². The molecule has 84 valence electrons. The Hall–Kier alpha value is -0.0100. The Morgan fingerprint density at radius 3 is 2.40 bits per heavy atom. The molecule has 0 aliphatic rings. The molecular weight excluding hydrogens is 272 g/mol. The topological polar surface area (TPSA) is 0 Å². The van der Waals surface area contributed by atoms with Crippen molar-refractivity contribution in [2.75, 3.05) is 0 Å². The minimum atomic E-state index is 0.623. The first-order valence-electron chi connectivity index (χ1n) is 5.52. The molecule has 2 unspecified atom stereocenters. The number of halogens is 2. The molecule has 0 radical (unpaired) electrons. The van der Waals surface area contributed by atoms with Crippen LogP contribution in [-0.2, 0) is 6.42 Å². The van der Waals surface area contributed by atoms with Crippen molar-refractivity contribution in [3.8, 4) is 0 Å². The highest BCUT2D eigenvalue weighted by molar-refractivity contribution is 9.09. The first kappa shape index (κ1) is 13.1. The zero-order valence-corrected chi connectivity index (χ0v) is 11.7. The molecule has 0 nitrogen and oxygen atoms in total. The summed E-state index contributed by atoms with van der Waals surface area (Å²) in [4.78, 5) is 0.623. The normalized spacial score (nSPS) is 14.9. The molecule has 0 spiro atoms. The van der Waals surface area contributed by atoms with Crippen LogP contribution in [0.1, 0.15) is 32.3 Å². The summed E-state index contributed by atoms with van der Waals surface area (Å²) in [6, 6.07) is 8.16. The fourth-order valence-corrected chi connectivity index (χ4v) is 2.45. The smallest absolute Gasteiger partial charge is 0.0406 e. The van der Waals surface area contributed by atoms with Gasteiger partial charge in [0.2, 0.25) is 0 Å². The van der Waals surface area contributed by atoms with Crippen LogP contribution in [0, 0.1) is 5.92 Å². The van der Waals surface area contributed by atoms with Crippen LogP contribution in [0.5, 0.6) is 0 Å². The molecule has 1 rings (SSSR count). The van der Waals surface area contributed by atoms with Gasteiger partial charge in [0.15, 0.2) is 0 Å². The number of alkyl halides is 1. The van der Waals surface area contributed by atoms with E-state index in [0.717, 1.165) is 11.4 Å². The van der Waals surface area contributed by atoms with Crippen molar-refractivity contribution in [2.45, 2.75) is 37.9 Å². The van der Waals surface area contributed by atoms with E-state index in [1.165, 1.54) is 18.4 Å². The van der Waals surface area contributed by atoms with Crippen molar-refractivity contribution in [1.82, 2.24) is 0 Å². The maximum absolute atomic E-state index is 5.85. The first-order valence-corrected chi connectivity index (χ1v) is 6.81. The van der Waals surface area contributed by atoms with Gasteiger partial charge in [-0.25, -0.2) is 0 Å². The Labute approximate surface area is 106 Å². The summed E-state index contributed by atoms with van der Waals surface area (Å²) >= 11 is 9.60. The Morgan fingerprint density at radius 1 is 1.27 bits per heavy atom. The molecule has 0 amide bonds. The van der Waals surface area contributed by atoms with Crippen LogP contribution in [0.2, 0.25) is 5.02 Å². The molecule has 0 fully saturated rings. The van der Waals surface area contributed by atoms with E-state index in [4.69, 9.17) is 11.6 Å². The fourth-order valence-electron chi connectivity index (χ4n) is 1.68. The highest BCUT2D eigenvalue weighted by atomic mass is 79.9. The molecule has 0 bridgehead atoms. The van der Waals surface area contributed by atoms with Gasteiger partial charge in [-0.05, 0) is 36.5 Å². The molecule has 0 saturated heterocycles. The lowest BCUT2D eigenvalue weighted by molar-refractivity contribution is 0.526. The van der Waals surface area contributed by atoms with Gasteiger partial charge in [0.25, 0.3) is 0 Å². The SMILES string of the molecule is CCCC(Br)C(C)Cc1ccc(Cl)cc1. The summed E-state index contributed by atoms with van der Waals surface area (Å²) < 4.78 is 0. The summed E-state index contributed by atoms with van der Waals surface area (Å²) in [5.41, 5.74) is 1.37. The van der Waals surface area contributed by atoms with E-state index in [-0.39, 0.29) is 0 Å². The van der Waals surface area contributed by atoms with E-state index in [2.05, 4.69) is 41.9 Å². The Bertz CT molecular complexity index is 281. The van der Waals surface area contributed by atoms with Crippen molar-refractivity contribution in [1.29, 1.82) is 0 Å². The summed E-state index contributed by atoms with van der Waals surface area (Å²) in [6.07, 6.45) is 3.60. The fraction of sp³-hybridized carbons (Fsp3) is 0.538. The maximum atomic E-state index is 5.85. The zero-order chi connectivity index (χ0) is 11.3. The van der Waals surface area contributed by atoms with Crippen molar-refractivity contribution >= 4 is 27.5 Å². The van der Waals surface area contributed by atoms with Crippen molar-refractivity contribution in [3.05, 3.63) is 34.9 Å². The zero-order valence-electron chi connectivity index (χ0n) is 9.34. The quantitative estimate of drug-likeness (QED) is 0.663. The van der Waals surface area contributed by atoms with Crippen molar-refractivity contribution < 1.29 is 0 Å². The summed E-state index contributed by atoms with van der Waals surface area (Å²) in [5, 5.41) is 0.815. The molecule has 1 aromatic carbocycles. The molecule has 0 saturated carbocycles. The molecule has 0 aliphatic carbocycles. The number of benzene rings is 1. The van der Waals surface area contributed by atoms with Gasteiger partial charge in [0.1, 0.15) is 0 Å². The van der Waals surface area contributed by atoms with Gasteiger partial charge >= 0.3 is 0 Å². The van der Waals surface area contributed by atoms with Gasteiger partial charge in [0, 0.05) is 9.85 Å². The number of hydrogen-bond acceptors (Lipinski definition) is 0. The van der Waals surface area contributed by atoms with Crippen molar-refractivity contribution in [3.63, 3.8) is 0 Å². The molecule has 0 N–H and O–H groups in total. The minimum Gasteiger partial charge on any atom is -0.0888 e. The van der Waals surface area contributed by atoms with Crippen molar-refractivity contribution in [2.24, 2.45) is 5.92 Å². The Kier molecular flexibility index (Phi) is 5.70. The molecule has 2 atom stereocenters. The Balaban J connectivity index is 2.50. The average Bonchev–Trinajstić information content (AvgIpc) is 2.22. The molecular formula is C13H18BrCl. The van der Waals surface area contributed by atoms with E-state index >= 15 is 0 Å². The lowest BCUT2D eigenvalue weighted by Crippen LogP contribution is -2.13. The largest absolute Gasteiger partial charge is 0.0888 e. The molecule has 0 aromatic heterocycles. The molecule has 2 heteroatoms. The highest BCUT2D eigenvalue weighted by Gasteiger charge is 2.13. The van der Waals surface area contributed by atoms with Gasteiger partial charge in [-0.15, -0.1) is 0 Å². The third-order valence-electron chi connectivity index (χ3n) is 2.65. The van der Waals surface area contributed by atoms with Crippen LogP contribution in [0.25, 0.3) is 0 Å². The summed E-state index contributed by atoms with van der Waals surface area (Å²) in [5.74, 6) is 0.672. The van der Waals surface area contributed by atoms with Gasteiger partial charge in [-0.2, -0.15) is 0 Å². The monoisotopic (exact) mass is 288 g/mol. The van der Waals surface area contributed by atoms with Crippen LogP contribution in [0.4, 0.5) is 0 Å². The van der Waals surface area contributed by atoms with Crippen LogP contribution in [-0.4, -0.2) is 4.83 Å². The lowest BCUT2D eigenvalue weighted by Gasteiger charge is -2.17. The van der Waals surface area contributed by atoms with E-state index in [1.807, 2.05) is 12.1 Å². The maximum Gasteiger partial charge on any atom is 0.0406 e. The van der Waals surface area contributed by atoms with Gasteiger partial charge < -0.3 is 0 Å². The van der Waals surface area contributed by atoms with E-state index in [0.29, 0.717) is 10.7 Å². The molecule has 0 heterocycles. The number of rotatable bonds is 5. The third-order valence-corrected chi connectivity index (χ3v) is 4.27. The molecule has 1 aromatic rings. The van der Waals surface area contributed by atoms with Gasteiger partial charge in [0.05, 0.1) is 0 Å². The Morgan fingerprint density at radius 2 is 1.87 bits per heavy atom. The standard InChI is InChI=1S/C13H18BrCl/c1-3-4-13(14)10(2)9-11-5-7-12(15)8-6-11/h5-8,10,13H,3-4,9H2,1-2H3. The number of hydrogen-bond donors (Lipinski definition) is 0. The second kappa shape index (κ2) is 6.55. The van der Waals surface area contributed by atoms with Crippen LogP contribution in [0.15, 0.2) is 24.3 Å². The average molecular weight is 290 g/mol. The molecule has 0 aliphatic heterocycles. The van der Waals surface area contributed by atoms with Crippen LogP contribution >= 0.6 is 27.5 Å². The van der Waals surface area contributed by atoms with E-state index in [1.54, 1.807) is 0 Å². The predicted molar refractivity (Wildman–Crippen MR) is 71.9 cm³/mol. The highest BCUT2D eigenvalue weighted by Crippen LogP contribution is 2.22. The second-order valence-electron chi connectivity index (χ2n) is 4.11. The third kappa shape index (κ3) is 4.56. The molecule has 15 heavy (non-hydrogen) atoms. The summed E-state index contributed by atoms with van der Waals surface area (Å²) in [6.45, 7) is 4.52. The first-order chi connectivity index (χ1) is 7.13.